The number of amides is 1. The molecule has 3 aromatic rings. The summed E-state index contributed by atoms with van der Waals surface area (Å²) < 4.78 is 0. The second-order valence-corrected chi connectivity index (χ2v) is 7.70. The molecule has 5 nitrogen and oxygen atoms in total. The molecule has 2 aromatic heterocycles. The Kier molecular flexibility index (Phi) is 5.52. The molecule has 0 saturated heterocycles. The van der Waals surface area contributed by atoms with E-state index in [1.807, 2.05) is 45.0 Å². The van der Waals surface area contributed by atoms with E-state index in [9.17, 15) is 4.79 Å². The van der Waals surface area contributed by atoms with Crippen molar-refractivity contribution in [1.82, 2.24) is 15.3 Å². The average molecular weight is 369 g/mol. The molecule has 2 heterocycles. The van der Waals surface area contributed by atoms with E-state index in [-0.39, 0.29) is 11.9 Å². The summed E-state index contributed by atoms with van der Waals surface area (Å²) in [6.45, 7) is 8.62. The van der Waals surface area contributed by atoms with Crippen molar-refractivity contribution in [2.24, 2.45) is 0 Å². The Bertz CT molecular complexity index is 915. The van der Waals surface area contributed by atoms with Gasteiger partial charge in [0.2, 0.25) is 0 Å². The van der Waals surface area contributed by atoms with E-state index in [0.29, 0.717) is 12.1 Å². The van der Waals surface area contributed by atoms with Crippen LogP contribution in [0.25, 0.3) is 10.2 Å². The monoisotopic (exact) mass is 368 g/mol. The van der Waals surface area contributed by atoms with Crippen LogP contribution in [0.1, 0.15) is 47.4 Å². The molecule has 136 valence electrons. The molecular formula is C20H24N4OS. The van der Waals surface area contributed by atoms with Gasteiger partial charge in [0.25, 0.3) is 5.91 Å². The first kappa shape index (κ1) is 18.3. The predicted octanol–water partition coefficient (Wildman–Crippen LogP) is 4.31. The van der Waals surface area contributed by atoms with E-state index in [4.69, 9.17) is 0 Å². The van der Waals surface area contributed by atoms with Gasteiger partial charge in [0, 0.05) is 23.0 Å². The average Bonchev–Trinajstić information content (AvgIpc) is 3.02. The van der Waals surface area contributed by atoms with Crippen LogP contribution in [0.4, 0.5) is 5.82 Å². The van der Waals surface area contributed by atoms with Gasteiger partial charge in [-0.1, -0.05) is 19.1 Å². The van der Waals surface area contributed by atoms with Gasteiger partial charge < -0.3 is 10.6 Å². The SMILES string of the molecule is CCc1cc2c(NCc3ccc(C(=O)NC(C)C)cc3)nc(C)nc2s1. The summed E-state index contributed by atoms with van der Waals surface area (Å²) in [6, 6.07) is 9.95. The molecule has 0 radical (unpaired) electrons. The summed E-state index contributed by atoms with van der Waals surface area (Å²) in [5, 5.41) is 7.39. The minimum atomic E-state index is -0.0435. The highest BCUT2D eigenvalue weighted by Gasteiger charge is 2.10. The second-order valence-electron chi connectivity index (χ2n) is 6.58. The summed E-state index contributed by atoms with van der Waals surface area (Å²) in [4.78, 5) is 23.5. The highest BCUT2D eigenvalue weighted by atomic mass is 32.1. The summed E-state index contributed by atoms with van der Waals surface area (Å²) in [6.07, 6.45) is 0.999. The predicted molar refractivity (Wildman–Crippen MR) is 108 cm³/mol. The quantitative estimate of drug-likeness (QED) is 0.680. The van der Waals surface area contributed by atoms with Gasteiger partial charge in [-0.25, -0.2) is 9.97 Å². The van der Waals surface area contributed by atoms with Crippen molar-refractivity contribution in [1.29, 1.82) is 0 Å². The first-order valence-corrected chi connectivity index (χ1v) is 9.68. The lowest BCUT2D eigenvalue weighted by molar-refractivity contribution is 0.0943. The zero-order valence-electron chi connectivity index (χ0n) is 15.6. The van der Waals surface area contributed by atoms with Gasteiger partial charge in [0.1, 0.15) is 16.5 Å². The Morgan fingerprint density at radius 3 is 2.58 bits per heavy atom. The van der Waals surface area contributed by atoms with Gasteiger partial charge in [-0.15, -0.1) is 11.3 Å². The molecule has 0 unspecified atom stereocenters. The van der Waals surface area contributed by atoms with Crippen LogP contribution < -0.4 is 10.6 Å². The Morgan fingerprint density at radius 1 is 1.19 bits per heavy atom. The summed E-state index contributed by atoms with van der Waals surface area (Å²) in [7, 11) is 0. The van der Waals surface area contributed by atoms with Crippen molar-refractivity contribution >= 4 is 33.3 Å². The van der Waals surface area contributed by atoms with Crippen LogP contribution in [0.5, 0.6) is 0 Å². The zero-order valence-corrected chi connectivity index (χ0v) is 16.4. The van der Waals surface area contributed by atoms with Crippen LogP contribution in [0.2, 0.25) is 0 Å². The Balaban J connectivity index is 1.74. The highest BCUT2D eigenvalue weighted by Crippen LogP contribution is 2.29. The molecule has 0 bridgehead atoms. The largest absolute Gasteiger partial charge is 0.365 e. The molecule has 1 aromatic carbocycles. The number of nitrogens with one attached hydrogen (secondary N) is 2. The fourth-order valence-electron chi connectivity index (χ4n) is 2.69. The van der Waals surface area contributed by atoms with Crippen LogP contribution in [0.3, 0.4) is 0 Å². The van der Waals surface area contributed by atoms with E-state index >= 15 is 0 Å². The standard InChI is InChI=1S/C20H24N4OS/c1-5-16-10-17-18(23-13(4)24-20(17)26-16)21-11-14-6-8-15(9-7-14)19(25)22-12(2)3/h6-10,12H,5,11H2,1-4H3,(H,22,25)(H,21,23,24). The number of nitrogens with zero attached hydrogens (tertiary/aromatic N) is 2. The Labute approximate surface area is 157 Å². The molecule has 0 aliphatic heterocycles. The van der Waals surface area contributed by atoms with Crippen LogP contribution in [-0.4, -0.2) is 21.9 Å². The number of thiophene rings is 1. The van der Waals surface area contributed by atoms with E-state index in [1.165, 1.54) is 4.88 Å². The molecule has 0 atom stereocenters. The fourth-order valence-corrected chi connectivity index (χ4v) is 3.71. The van der Waals surface area contributed by atoms with Gasteiger partial charge in [0.05, 0.1) is 5.39 Å². The third-order valence-corrected chi connectivity index (χ3v) is 5.17. The molecule has 0 aliphatic carbocycles. The normalized spacial score (nSPS) is 11.1. The molecule has 1 amide bonds. The Hall–Kier alpha value is -2.47. The third kappa shape index (κ3) is 4.19. The van der Waals surface area contributed by atoms with E-state index < -0.39 is 0 Å². The molecule has 6 heteroatoms. The lowest BCUT2D eigenvalue weighted by Gasteiger charge is -2.10. The zero-order chi connectivity index (χ0) is 18.7. The van der Waals surface area contributed by atoms with Crippen LogP contribution in [-0.2, 0) is 13.0 Å². The van der Waals surface area contributed by atoms with Crippen molar-refractivity contribution in [2.75, 3.05) is 5.32 Å². The molecule has 26 heavy (non-hydrogen) atoms. The van der Waals surface area contributed by atoms with Crippen molar-refractivity contribution < 1.29 is 4.79 Å². The van der Waals surface area contributed by atoms with Crippen molar-refractivity contribution in [3.05, 3.63) is 52.2 Å². The van der Waals surface area contributed by atoms with Gasteiger partial charge in [-0.05, 0) is 51.0 Å². The van der Waals surface area contributed by atoms with Gasteiger partial charge in [0.15, 0.2) is 0 Å². The number of hydrogen-bond acceptors (Lipinski definition) is 5. The minimum Gasteiger partial charge on any atom is -0.365 e. The molecule has 0 saturated carbocycles. The lowest BCUT2D eigenvalue weighted by Crippen LogP contribution is -2.30. The van der Waals surface area contributed by atoms with Crippen molar-refractivity contribution in [2.45, 2.75) is 46.7 Å². The Morgan fingerprint density at radius 2 is 1.92 bits per heavy atom. The molecular weight excluding hydrogens is 344 g/mol. The van der Waals surface area contributed by atoms with Crippen LogP contribution >= 0.6 is 11.3 Å². The number of aryl methyl sites for hydroxylation is 2. The smallest absolute Gasteiger partial charge is 0.251 e. The number of fused-ring (bicyclic) bond motifs is 1. The number of hydrogen-bond donors (Lipinski definition) is 2. The summed E-state index contributed by atoms with van der Waals surface area (Å²) >= 11 is 1.72. The van der Waals surface area contributed by atoms with Gasteiger partial charge >= 0.3 is 0 Å². The van der Waals surface area contributed by atoms with E-state index in [0.717, 1.165) is 33.8 Å². The van der Waals surface area contributed by atoms with Crippen molar-refractivity contribution in [3.63, 3.8) is 0 Å². The third-order valence-electron chi connectivity index (χ3n) is 4.00. The summed E-state index contributed by atoms with van der Waals surface area (Å²) in [5.74, 6) is 1.59. The maximum atomic E-state index is 12.0. The maximum Gasteiger partial charge on any atom is 0.251 e. The lowest BCUT2D eigenvalue weighted by atomic mass is 10.1. The molecule has 0 fully saturated rings. The first-order chi connectivity index (χ1) is 12.5. The fraction of sp³-hybridized carbons (Fsp3) is 0.350. The minimum absolute atomic E-state index is 0.0435. The number of anilines is 1. The molecule has 3 rings (SSSR count). The maximum absolute atomic E-state index is 12.0. The molecule has 0 spiro atoms. The van der Waals surface area contributed by atoms with Gasteiger partial charge in [-0.2, -0.15) is 0 Å². The van der Waals surface area contributed by atoms with Crippen molar-refractivity contribution in [3.8, 4) is 0 Å². The number of rotatable bonds is 6. The van der Waals surface area contributed by atoms with E-state index in [1.54, 1.807) is 11.3 Å². The first-order valence-electron chi connectivity index (χ1n) is 8.87. The number of aromatic nitrogens is 2. The highest BCUT2D eigenvalue weighted by molar-refractivity contribution is 7.18. The number of benzene rings is 1. The summed E-state index contributed by atoms with van der Waals surface area (Å²) in [5.41, 5.74) is 1.77. The second kappa shape index (κ2) is 7.83. The number of carbonyl (C=O) groups excluding carboxylic acids is 1. The number of carbonyl (C=O) groups is 1. The topological polar surface area (TPSA) is 66.9 Å². The molecule has 2 N–H and O–H groups in total. The van der Waals surface area contributed by atoms with Gasteiger partial charge in [-0.3, -0.25) is 4.79 Å². The van der Waals surface area contributed by atoms with E-state index in [2.05, 4.69) is 33.6 Å². The molecule has 0 aliphatic rings. The van der Waals surface area contributed by atoms with Crippen LogP contribution in [0, 0.1) is 6.92 Å². The van der Waals surface area contributed by atoms with Crippen LogP contribution in [0.15, 0.2) is 30.3 Å².